The summed E-state index contributed by atoms with van der Waals surface area (Å²) in [6.45, 7) is 6.92. The predicted octanol–water partition coefficient (Wildman–Crippen LogP) is 7.08. The van der Waals surface area contributed by atoms with Crippen molar-refractivity contribution in [1.82, 2.24) is 0 Å². The first-order valence-corrected chi connectivity index (χ1v) is 8.68. The minimum absolute atomic E-state index is 1.35. The Kier molecular flexibility index (Phi) is 15.1. The van der Waals surface area contributed by atoms with E-state index in [1.807, 2.05) is 5.92 Å². The van der Waals surface area contributed by atoms with E-state index >= 15 is 0 Å². The van der Waals surface area contributed by atoms with Crippen LogP contribution in [-0.2, 0) is 0 Å². The molecular weight excluding hydrogens is 216 g/mol. The van der Waals surface area contributed by atoms with Gasteiger partial charge < -0.3 is 0 Å². The van der Waals surface area contributed by atoms with Crippen LogP contribution in [-0.4, -0.2) is 0 Å². The van der Waals surface area contributed by atoms with Crippen LogP contribution < -0.4 is 0 Å². The summed E-state index contributed by atoms with van der Waals surface area (Å²) in [5, 5.41) is 0. The molecule has 0 nitrogen and oxygen atoms in total. The Morgan fingerprint density at radius 3 is 1.33 bits per heavy atom. The molecule has 0 N–H and O–H groups in total. The van der Waals surface area contributed by atoms with Crippen molar-refractivity contribution in [3.05, 3.63) is 5.92 Å². The molecular formula is C18H37. The summed E-state index contributed by atoms with van der Waals surface area (Å²) in [6.07, 6.45) is 19.9. The lowest BCUT2D eigenvalue weighted by Gasteiger charge is -2.15. The second-order valence-electron chi connectivity index (χ2n) is 5.83. The molecule has 0 unspecified atom stereocenters. The van der Waals surface area contributed by atoms with Crippen LogP contribution in [0.1, 0.15) is 111 Å². The van der Waals surface area contributed by atoms with Crippen molar-refractivity contribution in [2.45, 2.75) is 111 Å². The molecule has 0 aromatic carbocycles. The second kappa shape index (κ2) is 15.1. The highest BCUT2D eigenvalue weighted by molar-refractivity contribution is 4.88. The maximum absolute atomic E-state index is 2.31. The summed E-state index contributed by atoms with van der Waals surface area (Å²) in [4.78, 5) is 0. The first-order valence-electron chi connectivity index (χ1n) is 8.68. The van der Waals surface area contributed by atoms with E-state index in [1.165, 1.54) is 89.9 Å². The van der Waals surface area contributed by atoms with Gasteiger partial charge in [0.25, 0.3) is 0 Å². The standard InChI is InChI=1S/C18H37/c1-4-7-10-11-12-13-14-17-18(15-8-5-2)16-9-6-3/h4-17H2,1-3H3. The zero-order chi connectivity index (χ0) is 13.5. The number of rotatable bonds is 14. The quantitative estimate of drug-likeness (QED) is 0.290. The third-order valence-electron chi connectivity index (χ3n) is 3.90. The zero-order valence-electron chi connectivity index (χ0n) is 13.4. The van der Waals surface area contributed by atoms with Crippen molar-refractivity contribution in [2.75, 3.05) is 0 Å². The zero-order valence-corrected chi connectivity index (χ0v) is 13.4. The van der Waals surface area contributed by atoms with E-state index < -0.39 is 0 Å². The van der Waals surface area contributed by atoms with Crippen molar-refractivity contribution in [1.29, 1.82) is 0 Å². The van der Waals surface area contributed by atoms with Gasteiger partial charge in [-0.3, -0.25) is 0 Å². The fourth-order valence-corrected chi connectivity index (χ4v) is 2.56. The van der Waals surface area contributed by atoms with Gasteiger partial charge in [-0.05, 0) is 25.2 Å². The van der Waals surface area contributed by atoms with Crippen LogP contribution in [0.2, 0.25) is 0 Å². The van der Waals surface area contributed by atoms with Gasteiger partial charge in [0, 0.05) is 0 Å². The van der Waals surface area contributed by atoms with Crippen molar-refractivity contribution in [3.63, 3.8) is 0 Å². The Balaban J connectivity index is 3.43. The molecule has 18 heavy (non-hydrogen) atoms. The van der Waals surface area contributed by atoms with E-state index in [4.69, 9.17) is 0 Å². The van der Waals surface area contributed by atoms with Crippen LogP contribution in [0.5, 0.6) is 0 Å². The highest BCUT2D eigenvalue weighted by atomic mass is 14.1. The molecule has 0 amide bonds. The van der Waals surface area contributed by atoms with E-state index in [2.05, 4.69) is 20.8 Å². The van der Waals surface area contributed by atoms with Crippen molar-refractivity contribution >= 4 is 0 Å². The number of unbranched alkanes of at least 4 members (excludes halogenated alkanes) is 8. The summed E-state index contributed by atoms with van der Waals surface area (Å²) in [6, 6.07) is 0. The number of hydrogen-bond acceptors (Lipinski definition) is 0. The van der Waals surface area contributed by atoms with Gasteiger partial charge in [-0.25, -0.2) is 0 Å². The molecule has 0 spiro atoms. The molecule has 0 aliphatic heterocycles. The molecule has 0 bridgehead atoms. The Morgan fingerprint density at radius 1 is 0.444 bits per heavy atom. The van der Waals surface area contributed by atoms with Crippen LogP contribution in [0.3, 0.4) is 0 Å². The molecule has 0 aliphatic carbocycles. The fourth-order valence-electron chi connectivity index (χ4n) is 2.56. The fraction of sp³-hybridized carbons (Fsp3) is 0.944. The predicted molar refractivity (Wildman–Crippen MR) is 84.9 cm³/mol. The molecule has 0 atom stereocenters. The van der Waals surface area contributed by atoms with Crippen LogP contribution in [0.4, 0.5) is 0 Å². The third kappa shape index (κ3) is 12.5. The maximum Gasteiger partial charge on any atom is -0.0241 e. The molecule has 0 heteroatoms. The van der Waals surface area contributed by atoms with Crippen molar-refractivity contribution in [3.8, 4) is 0 Å². The minimum atomic E-state index is 1.35. The highest BCUT2D eigenvalue weighted by Crippen LogP contribution is 2.24. The second-order valence-corrected chi connectivity index (χ2v) is 5.83. The van der Waals surface area contributed by atoms with Crippen LogP contribution in [0, 0.1) is 5.92 Å². The molecule has 0 fully saturated rings. The average molecular weight is 253 g/mol. The normalized spacial score (nSPS) is 11.3. The summed E-state index contributed by atoms with van der Waals surface area (Å²) in [5.74, 6) is 1.87. The van der Waals surface area contributed by atoms with E-state index in [9.17, 15) is 0 Å². The Morgan fingerprint density at radius 2 is 0.833 bits per heavy atom. The highest BCUT2D eigenvalue weighted by Gasteiger charge is 2.07. The topological polar surface area (TPSA) is 0 Å². The minimum Gasteiger partial charge on any atom is -0.0654 e. The van der Waals surface area contributed by atoms with E-state index in [0.717, 1.165) is 0 Å². The van der Waals surface area contributed by atoms with Gasteiger partial charge >= 0.3 is 0 Å². The van der Waals surface area contributed by atoms with Gasteiger partial charge in [-0.2, -0.15) is 0 Å². The number of hydrogen-bond donors (Lipinski definition) is 0. The lowest BCUT2D eigenvalue weighted by Crippen LogP contribution is -1.98. The molecule has 1 radical (unpaired) electrons. The van der Waals surface area contributed by atoms with Crippen molar-refractivity contribution < 1.29 is 0 Å². The van der Waals surface area contributed by atoms with E-state index in [1.54, 1.807) is 0 Å². The van der Waals surface area contributed by atoms with Crippen LogP contribution in [0.25, 0.3) is 0 Å². The summed E-state index contributed by atoms with van der Waals surface area (Å²) in [7, 11) is 0. The lowest BCUT2D eigenvalue weighted by atomic mass is 9.90. The van der Waals surface area contributed by atoms with Crippen molar-refractivity contribution in [2.24, 2.45) is 0 Å². The van der Waals surface area contributed by atoms with E-state index in [0.29, 0.717) is 0 Å². The lowest BCUT2D eigenvalue weighted by molar-refractivity contribution is 0.536. The summed E-state index contributed by atoms with van der Waals surface area (Å²) in [5.41, 5.74) is 0. The average Bonchev–Trinajstić information content (AvgIpc) is 2.40. The first kappa shape index (κ1) is 18.0. The third-order valence-corrected chi connectivity index (χ3v) is 3.90. The smallest absolute Gasteiger partial charge is 0.0241 e. The van der Waals surface area contributed by atoms with Gasteiger partial charge in [0.2, 0.25) is 0 Å². The largest absolute Gasteiger partial charge is 0.0654 e. The Bertz CT molecular complexity index is 131. The molecule has 0 aliphatic rings. The molecule has 0 aromatic heterocycles. The monoisotopic (exact) mass is 253 g/mol. The molecule has 109 valence electrons. The van der Waals surface area contributed by atoms with Gasteiger partial charge in [0.05, 0.1) is 0 Å². The van der Waals surface area contributed by atoms with Gasteiger partial charge in [0.1, 0.15) is 0 Å². The van der Waals surface area contributed by atoms with Gasteiger partial charge in [-0.15, -0.1) is 0 Å². The SMILES string of the molecule is CCCCCCCCC[C](CCCC)CCCC. The molecule has 0 saturated carbocycles. The molecule has 0 heterocycles. The van der Waals surface area contributed by atoms with Gasteiger partial charge in [0.15, 0.2) is 0 Å². The van der Waals surface area contributed by atoms with Crippen LogP contribution >= 0.6 is 0 Å². The molecule has 0 aromatic rings. The first-order chi connectivity index (χ1) is 8.85. The van der Waals surface area contributed by atoms with Gasteiger partial charge in [-0.1, -0.05) is 91.4 Å². The maximum atomic E-state index is 2.31. The Labute approximate surface area is 117 Å². The van der Waals surface area contributed by atoms with E-state index in [-0.39, 0.29) is 0 Å². The molecule has 0 rings (SSSR count). The summed E-state index contributed by atoms with van der Waals surface area (Å²) >= 11 is 0. The Hall–Kier alpha value is 0. The molecule has 0 saturated heterocycles. The summed E-state index contributed by atoms with van der Waals surface area (Å²) < 4.78 is 0. The van der Waals surface area contributed by atoms with Crippen LogP contribution in [0.15, 0.2) is 0 Å².